The zero-order valence-electron chi connectivity index (χ0n) is 14.2. The summed E-state index contributed by atoms with van der Waals surface area (Å²) in [6, 6.07) is 5.76. The second-order valence-electron chi connectivity index (χ2n) is 6.00. The summed E-state index contributed by atoms with van der Waals surface area (Å²) in [6.07, 6.45) is 9.00. The Morgan fingerprint density at radius 2 is 1.96 bits per heavy atom. The monoisotopic (exact) mass is 358 g/mol. The molecule has 3 aromatic heterocycles. The summed E-state index contributed by atoms with van der Waals surface area (Å²) in [5, 5.41) is 11.9. The molecule has 132 valence electrons. The number of pyridine rings is 1. The number of unbranched alkanes of at least 4 members (excludes halogenated alkanes) is 1. The predicted octanol–water partition coefficient (Wildman–Crippen LogP) is 1.70. The van der Waals surface area contributed by atoms with Crippen LogP contribution in [0.2, 0.25) is 0 Å². The van der Waals surface area contributed by atoms with Crippen LogP contribution in [-0.2, 0) is 16.1 Å². The van der Waals surface area contributed by atoms with Gasteiger partial charge in [-0.25, -0.2) is 4.98 Å². The Morgan fingerprint density at radius 1 is 1.11 bits per heavy atom. The lowest BCUT2D eigenvalue weighted by atomic mass is 10.00. The van der Waals surface area contributed by atoms with Gasteiger partial charge in [0, 0.05) is 48.7 Å². The number of aryl methyl sites for hydroxylation is 1. The van der Waals surface area contributed by atoms with Crippen LogP contribution in [0.4, 0.5) is 0 Å². The maximum atomic E-state index is 12.6. The van der Waals surface area contributed by atoms with Crippen molar-refractivity contribution in [2.24, 2.45) is 0 Å². The van der Waals surface area contributed by atoms with Crippen LogP contribution in [-0.4, -0.2) is 31.3 Å². The molecule has 0 spiro atoms. The number of hydrogen-bond donors (Lipinski definition) is 1. The van der Waals surface area contributed by atoms with Crippen molar-refractivity contribution in [3.63, 3.8) is 0 Å². The van der Waals surface area contributed by atoms with Gasteiger partial charge in [-0.05, 0) is 18.6 Å². The van der Waals surface area contributed by atoms with E-state index >= 15 is 0 Å². The summed E-state index contributed by atoms with van der Waals surface area (Å²) in [5.74, 6) is -0.967. The number of hydrogen-bond acceptors (Lipinski definition) is 6. The molecule has 1 N–H and O–H groups in total. The van der Waals surface area contributed by atoms with Crippen LogP contribution in [0, 0.1) is 11.3 Å². The molecule has 1 aliphatic heterocycles. The summed E-state index contributed by atoms with van der Waals surface area (Å²) >= 11 is 0. The van der Waals surface area contributed by atoms with Gasteiger partial charge in [0.15, 0.2) is 0 Å². The Labute approximate surface area is 154 Å². The van der Waals surface area contributed by atoms with Crippen LogP contribution in [0.25, 0.3) is 22.2 Å². The number of nitrogens with one attached hydrogen (secondary N) is 1. The Morgan fingerprint density at radius 3 is 2.74 bits per heavy atom. The third kappa shape index (κ3) is 2.85. The minimum Gasteiger partial charge on any atom is -0.332 e. The first-order valence-electron chi connectivity index (χ1n) is 8.38. The van der Waals surface area contributed by atoms with E-state index in [0.717, 1.165) is 5.39 Å². The van der Waals surface area contributed by atoms with Crippen molar-refractivity contribution in [3.05, 3.63) is 54.4 Å². The lowest BCUT2D eigenvalue weighted by molar-refractivity contribution is -0.122. The first kappa shape index (κ1) is 16.6. The molecule has 0 unspecified atom stereocenters. The molecule has 3 aromatic rings. The van der Waals surface area contributed by atoms with Crippen molar-refractivity contribution in [2.75, 3.05) is 0 Å². The van der Waals surface area contributed by atoms with E-state index in [1.807, 2.05) is 10.6 Å². The van der Waals surface area contributed by atoms with Crippen molar-refractivity contribution in [1.82, 2.24) is 24.8 Å². The van der Waals surface area contributed by atoms with E-state index in [4.69, 9.17) is 5.26 Å². The summed E-state index contributed by atoms with van der Waals surface area (Å²) in [6.45, 7) is 0.588. The molecule has 4 heterocycles. The summed E-state index contributed by atoms with van der Waals surface area (Å²) in [5.41, 5.74) is 2.11. The van der Waals surface area contributed by atoms with Gasteiger partial charge in [-0.2, -0.15) is 5.26 Å². The highest BCUT2D eigenvalue weighted by Crippen LogP contribution is 2.34. The third-order valence-corrected chi connectivity index (χ3v) is 4.34. The number of imide groups is 1. The molecule has 4 rings (SSSR count). The first-order chi connectivity index (χ1) is 13.2. The number of carbonyl (C=O) groups is 2. The number of amides is 2. The average Bonchev–Trinajstić information content (AvgIpc) is 3.19. The molecule has 0 bridgehead atoms. The SMILES string of the molecule is N#CCCCn1cc(C2=C(c3cnccn3)C(=O)NC2=O)c2cccnc21. The molecule has 0 aliphatic carbocycles. The number of nitriles is 1. The number of aromatic nitrogens is 4. The fraction of sp³-hybridized carbons (Fsp3) is 0.158. The number of carbonyl (C=O) groups excluding carboxylic acids is 2. The molecule has 0 saturated heterocycles. The predicted molar refractivity (Wildman–Crippen MR) is 96.6 cm³/mol. The minimum atomic E-state index is -0.496. The van der Waals surface area contributed by atoms with Gasteiger partial charge in [-0.1, -0.05) is 0 Å². The van der Waals surface area contributed by atoms with Gasteiger partial charge in [-0.3, -0.25) is 24.9 Å². The van der Waals surface area contributed by atoms with E-state index in [-0.39, 0.29) is 11.1 Å². The van der Waals surface area contributed by atoms with E-state index in [9.17, 15) is 9.59 Å². The largest absolute Gasteiger partial charge is 0.332 e. The molecule has 0 fully saturated rings. The van der Waals surface area contributed by atoms with Gasteiger partial charge in [-0.15, -0.1) is 0 Å². The minimum absolute atomic E-state index is 0.202. The Hall–Kier alpha value is -3.86. The van der Waals surface area contributed by atoms with Gasteiger partial charge in [0.1, 0.15) is 5.65 Å². The topological polar surface area (TPSA) is 114 Å². The highest BCUT2D eigenvalue weighted by molar-refractivity contribution is 6.49. The van der Waals surface area contributed by atoms with E-state index in [0.29, 0.717) is 36.3 Å². The molecule has 1 aliphatic rings. The van der Waals surface area contributed by atoms with Gasteiger partial charge < -0.3 is 4.57 Å². The van der Waals surface area contributed by atoms with E-state index in [1.165, 1.54) is 18.6 Å². The van der Waals surface area contributed by atoms with Gasteiger partial charge in [0.05, 0.1) is 29.1 Å². The quantitative estimate of drug-likeness (QED) is 0.548. The Bertz CT molecular complexity index is 1120. The van der Waals surface area contributed by atoms with Gasteiger partial charge in [0.2, 0.25) is 0 Å². The maximum Gasteiger partial charge on any atom is 0.261 e. The standard InChI is InChI=1S/C19H14N6O2/c20-5-1-2-9-25-11-13(12-4-3-6-23-17(12)25)15-16(19(27)24-18(15)26)14-10-21-7-8-22-14/h3-4,6-8,10-11H,1-2,9H2,(H,24,26,27). The average molecular weight is 358 g/mol. The second-order valence-corrected chi connectivity index (χ2v) is 6.00. The highest BCUT2D eigenvalue weighted by Gasteiger charge is 2.34. The van der Waals surface area contributed by atoms with Gasteiger partial charge in [0.25, 0.3) is 11.8 Å². The van der Waals surface area contributed by atoms with Crippen LogP contribution in [0.1, 0.15) is 24.1 Å². The fourth-order valence-corrected chi connectivity index (χ4v) is 3.21. The maximum absolute atomic E-state index is 12.6. The summed E-state index contributed by atoms with van der Waals surface area (Å²) in [4.78, 5) is 37.6. The number of fused-ring (bicyclic) bond motifs is 1. The molecule has 8 heteroatoms. The first-order valence-corrected chi connectivity index (χ1v) is 8.38. The van der Waals surface area contributed by atoms with Crippen molar-refractivity contribution in [2.45, 2.75) is 19.4 Å². The molecule has 0 radical (unpaired) electrons. The van der Waals surface area contributed by atoms with E-state index in [1.54, 1.807) is 18.5 Å². The second kappa shape index (κ2) is 6.80. The highest BCUT2D eigenvalue weighted by atomic mass is 16.2. The molecule has 0 saturated carbocycles. The molecular weight excluding hydrogens is 344 g/mol. The number of nitrogens with zero attached hydrogens (tertiary/aromatic N) is 5. The summed E-state index contributed by atoms with van der Waals surface area (Å²) in [7, 11) is 0. The normalized spacial score (nSPS) is 13.9. The lowest BCUT2D eigenvalue weighted by Crippen LogP contribution is -2.22. The van der Waals surface area contributed by atoms with Crippen molar-refractivity contribution < 1.29 is 9.59 Å². The molecule has 8 nitrogen and oxygen atoms in total. The number of rotatable bonds is 5. The van der Waals surface area contributed by atoms with Gasteiger partial charge >= 0.3 is 0 Å². The van der Waals surface area contributed by atoms with Crippen molar-refractivity contribution in [3.8, 4) is 6.07 Å². The van der Waals surface area contributed by atoms with E-state index < -0.39 is 11.8 Å². The molecule has 0 atom stereocenters. The van der Waals surface area contributed by atoms with Crippen molar-refractivity contribution >= 4 is 34.0 Å². The Kier molecular flexibility index (Phi) is 4.18. The molecular formula is C19H14N6O2. The molecule has 2 amide bonds. The van der Waals surface area contributed by atoms with Crippen LogP contribution >= 0.6 is 0 Å². The fourth-order valence-electron chi connectivity index (χ4n) is 3.21. The molecule has 27 heavy (non-hydrogen) atoms. The third-order valence-electron chi connectivity index (χ3n) is 4.34. The smallest absolute Gasteiger partial charge is 0.261 e. The van der Waals surface area contributed by atoms with Crippen LogP contribution in [0.15, 0.2) is 43.1 Å². The zero-order chi connectivity index (χ0) is 18.8. The Balaban J connectivity index is 1.92. The van der Waals surface area contributed by atoms with E-state index in [2.05, 4.69) is 26.3 Å². The zero-order valence-corrected chi connectivity index (χ0v) is 14.2. The molecule has 0 aromatic carbocycles. The van der Waals surface area contributed by atoms with Crippen molar-refractivity contribution in [1.29, 1.82) is 5.26 Å². The lowest BCUT2D eigenvalue weighted by Gasteiger charge is -2.02. The van der Waals surface area contributed by atoms with Crippen LogP contribution < -0.4 is 5.32 Å². The summed E-state index contributed by atoms with van der Waals surface area (Å²) < 4.78 is 1.90. The van der Waals surface area contributed by atoms with Crippen LogP contribution in [0.5, 0.6) is 0 Å². The van der Waals surface area contributed by atoms with Crippen LogP contribution in [0.3, 0.4) is 0 Å².